The molecule has 2 aromatic rings. The predicted molar refractivity (Wildman–Crippen MR) is 67.3 cm³/mol. The lowest BCUT2D eigenvalue weighted by Crippen LogP contribution is -2.20. The van der Waals surface area contributed by atoms with E-state index in [-0.39, 0.29) is 17.9 Å². The number of aromatic amines is 2. The molecule has 2 rings (SSSR count). The minimum absolute atomic E-state index is 0.0743. The highest BCUT2D eigenvalue weighted by Gasteiger charge is 2.03. The van der Waals surface area contributed by atoms with Crippen LogP contribution in [0.15, 0.2) is 46.3 Å². The summed E-state index contributed by atoms with van der Waals surface area (Å²) in [5, 5.41) is 8.77. The van der Waals surface area contributed by atoms with Crippen LogP contribution in [-0.4, -0.2) is 22.3 Å². The van der Waals surface area contributed by atoms with Gasteiger partial charge in [0.1, 0.15) is 0 Å². The van der Waals surface area contributed by atoms with Gasteiger partial charge in [-0.15, -0.1) is 0 Å². The summed E-state index contributed by atoms with van der Waals surface area (Å²) in [6.45, 7) is 0. The van der Waals surface area contributed by atoms with E-state index in [1.54, 1.807) is 6.21 Å². The van der Waals surface area contributed by atoms with Crippen molar-refractivity contribution in [2.75, 3.05) is 0 Å². The summed E-state index contributed by atoms with van der Waals surface area (Å²) >= 11 is 0. The number of amides is 1. The minimum Gasteiger partial charge on any atom is -0.302 e. The molecule has 1 amide bonds. The fraction of sp³-hybridized carbons (Fsp3) is 0.0833. The van der Waals surface area contributed by atoms with Crippen molar-refractivity contribution in [3.8, 4) is 0 Å². The van der Waals surface area contributed by atoms with E-state index in [0.29, 0.717) is 5.69 Å². The first-order valence-electron chi connectivity index (χ1n) is 5.37. The Morgan fingerprint density at radius 3 is 2.72 bits per heavy atom. The summed E-state index contributed by atoms with van der Waals surface area (Å²) in [6.07, 6.45) is 1.63. The first kappa shape index (κ1) is 11.8. The van der Waals surface area contributed by atoms with Crippen molar-refractivity contribution >= 4 is 12.1 Å². The third kappa shape index (κ3) is 3.44. The molecule has 0 bridgehead atoms. The van der Waals surface area contributed by atoms with E-state index in [1.165, 1.54) is 6.07 Å². The molecule has 0 atom stereocenters. The molecule has 1 heterocycles. The second kappa shape index (κ2) is 5.62. The Morgan fingerprint density at radius 2 is 2.06 bits per heavy atom. The normalized spacial score (nSPS) is 10.7. The highest BCUT2D eigenvalue weighted by Crippen LogP contribution is 1.93. The Balaban J connectivity index is 1.85. The van der Waals surface area contributed by atoms with E-state index in [1.807, 2.05) is 30.3 Å². The third-order valence-corrected chi connectivity index (χ3v) is 2.21. The van der Waals surface area contributed by atoms with E-state index in [4.69, 9.17) is 0 Å². The first-order chi connectivity index (χ1) is 8.74. The minimum atomic E-state index is -0.294. The molecule has 6 nitrogen and oxygen atoms in total. The fourth-order valence-corrected chi connectivity index (χ4v) is 1.40. The molecule has 0 aliphatic carbocycles. The van der Waals surface area contributed by atoms with Crippen molar-refractivity contribution in [1.29, 1.82) is 0 Å². The Morgan fingerprint density at radius 1 is 1.28 bits per heavy atom. The maximum absolute atomic E-state index is 11.5. The van der Waals surface area contributed by atoms with Gasteiger partial charge >= 0.3 is 0 Å². The van der Waals surface area contributed by atoms with Gasteiger partial charge in [-0.3, -0.25) is 14.7 Å². The van der Waals surface area contributed by atoms with Crippen LogP contribution < -0.4 is 11.0 Å². The second-order valence-electron chi connectivity index (χ2n) is 3.66. The van der Waals surface area contributed by atoms with Crippen molar-refractivity contribution in [1.82, 2.24) is 15.6 Å². The Bertz CT molecular complexity index is 598. The van der Waals surface area contributed by atoms with Crippen LogP contribution in [-0.2, 0) is 11.2 Å². The summed E-state index contributed by atoms with van der Waals surface area (Å²) in [6, 6.07) is 10.7. The Hall–Kier alpha value is -2.63. The molecule has 0 unspecified atom stereocenters. The summed E-state index contributed by atoms with van der Waals surface area (Å²) in [7, 11) is 0. The molecule has 6 heteroatoms. The van der Waals surface area contributed by atoms with Gasteiger partial charge < -0.3 is 5.10 Å². The average Bonchev–Trinajstić information content (AvgIpc) is 2.76. The maximum atomic E-state index is 11.5. The van der Waals surface area contributed by atoms with Crippen LogP contribution in [0.4, 0.5) is 0 Å². The first-order valence-corrected chi connectivity index (χ1v) is 5.37. The lowest BCUT2D eigenvalue weighted by atomic mass is 10.2. The molecule has 1 aromatic heterocycles. The van der Waals surface area contributed by atoms with Crippen molar-refractivity contribution in [2.24, 2.45) is 5.10 Å². The molecular weight excluding hydrogens is 232 g/mol. The third-order valence-electron chi connectivity index (χ3n) is 2.21. The molecule has 0 radical (unpaired) electrons. The molecule has 0 aliphatic rings. The van der Waals surface area contributed by atoms with Crippen LogP contribution in [0.25, 0.3) is 0 Å². The zero-order valence-corrected chi connectivity index (χ0v) is 9.51. The van der Waals surface area contributed by atoms with Gasteiger partial charge in [0.2, 0.25) is 5.91 Å². The molecule has 0 spiro atoms. The van der Waals surface area contributed by atoms with Crippen LogP contribution in [0.2, 0.25) is 0 Å². The van der Waals surface area contributed by atoms with E-state index in [0.717, 1.165) is 5.56 Å². The van der Waals surface area contributed by atoms with Crippen LogP contribution in [0.1, 0.15) is 11.3 Å². The van der Waals surface area contributed by atoms with Gasteiger partial charge in [-0.05, 0) is 5.56 Å². The van der Waals surface area contributed by atoms with Gasteiger partial charge in [0.15, 0.2) is 0 Å². The molecule has 1 aromatic carbocycles. The largest absolute Gasteiger partial charge is 0.302 e. The molecule has 3 N–H and O–H groups in total. The van der Waals surface area contributed by atoms with Gasteiger partial charge in [0.05, 0.1) is 12.6 Å². The van der Waals surface area contributed by atoms with Crippen molar-refractivity contribution in [2.45, 2.75) is 6.42 Å². The van der Waals surface area contributed by atoms with Crippen molar-refractivity contribution < 1.29 is 4.79 Å². The molecule has 0 saturated carbocycles. The van der Waals surface area contributed by atoms with Gasteiger partial charge in [-0.1, -0.05) is 30.3 Å². The summed E-state index contributed by atoms with van der Waals surface area (Å²) < 4.78 is 0. The van der Waals surface area contributed by atoms with E-state index in [9.17, 15) is 9.59 Å². The van der Waals surface area contributed by atoms with Gasteiger partial charge in [-0.2, -0.15) is 5.10 Å². The fourth-order valence-electron chi connectivity index (χ4n) is 1.40. The van der Waals surface area contributed by atoms with Crippen molar-refractivity contribution in [3.05, 3.63) is 58.0 Å². The SMILES string of the molecule is O=C(Cc1cc(=O)[nH][nH]1)N/N=C\c1ccccc1. The number of hydrogen-bond donors (Lipinski definition) is 3. The maximum Gasteiger partial charge on any atom is 0.264 e. The molecule has 0 saturated heterocycles. The lowest BCUT2D eigenvalue weighted by Gasteiger charge is -1.97. The molecule has 0 aliphatic heterocycles. The van der Waals surface area contributed by atoms with E-state index in [2.05, 4.69) is 20.7 Å². The molecule has 92 valence electrons. The van der Waals surface area contributed by atoms with Crippen LogP contribution in [0.3, 0.4) is 0 Å². The highest BCUT2D eigenvalue weighted by molar-refractivity contribution is 5.82. The number of H-pyrrole nitrogens is 2. The molecular formula is C12H12N4O2. The highest BCUT2D eigenvalue weighted by atomic mass is 16.2. The van der Waals surface area contributed by atoms with E-state index >= 15 is 0 Å². The number of carbonyl (C=O) groups excluding carboxylic acids is 1. The monoisotopic (exact) mass is 244 g/mol. The average molecular weight is 244 g/mol. The number of carbonyl (C=O) groups is 1. The predicted octanol–water partition coefficient (Wildman–Crippen LogP) is 0.396. The van der Waals surface area contributed by atoms with Crippen LogP contribution in [0, 0.1) is 0 Å². The Kier molecular flexibility index (Phi) is 3.70. The van der Waals surface area contributed by atoms with Crippen LogP contribution in [0.5, 0.6) is 0 Å². The Labute approximate surface area is 103 Å². The smallest absolute Gasteiger partial charge is 0.264 e. The summed E-state index contributed by atoms with van der Waals surface area (Å²) in [5.41, 5.74) is 3.54. The van der Waals surface area contributed by atoms with Gasteiger partial charge in [-0.25, -0.2) is 5.43 Å². The lowest BCUT2D eigenvalue weighted by molar-refractivity contribution is -0.120. The quantitative estimate of drug-likeness (QED) is 0.536. The van der Waals surface area contributed by atoms with Crippen LogP contribution >= 0.6 is 0 Å². The second-order valence-corrected chi connectivity index (χ2v) is 3.66. The number of nitrogens with one attached hydrogen (secondary N) is 3. The number of benzene rings is 1. The number of aromatic nitrogens is 2. The topological polar surface area (TPSA) is 90.1 Å². The number of rotatable bonds is 4. The number of hydrazone groups is 1. The standard InChI is InChI=1S/C12H12N4O2/c17-11(6-10-7-12(18)16-14-10)15-13-8-9-4-2-1-3-5-9/h1-5,7-8H,6H2,(H,15,17)(H2,14,16,18)/b13-8-. The van der Waals surface area contributed by atoms with Gasteiger partial charge in [0, 0.05) is 11.8 Å². The van der Waals surface area contributed by atoms with Crippen molar-refractivity contribution in [3.63, 3.8) is 0 Å². The number of hydrogen-bond acceptors (Lipinski definition) is 3. The summed E-state index contributed by atoms with van der Waals surface area (Å²) in [4.78, 5) is 22.3. The zero-order valence-electron chi connectivity index (χ0n) is 9.51. The molecule has 18 heavy (non-hydrogen) atoms. The summed E-state index contributed by atoms with van der Waals surface area (Å²) in [5.74, 6) is -0.294. The van der Waals surface area contributed by atoms with Gasteiger partial charge in [0.25, 0.3) is 5.56 Å². The molecule has 0 fully saturated rings. The van der Waals surface area contributed by atoms with E-state index < -0.39 is 0 Å². The zero-order chi connectivity index (χ0) is 12.8. The number of nitrogens with zero attached hydrogens (tertiary/aromatic N) is 1.